The number of esters is 1. The maximum absolute atomic E-state index is 11.3. The van der Waals surface area contributed by atoms with Gasteiger partial charge < -0.3 is 19.7 Å². The summed E-state index contributed by atoms with van der Waals surface area (Å²) in [4.78, 5) is 23.7. The molecule has 94 valence electrons. The number of aliphatic hydroxyl groups excluding tert-OH is 2. The fourth-order valence-corrected chi connectivity index (χ4v) is 1.28. The molecule has 0 aliphatic rings. The summed E-state index contributed by atoms with van der Waals surface area (Å²) in [5.41, 5.74) is 0. The van der Waals surface area contributed by atoms with Crippen LogP contribution in [0.3, 0.4) is 0 Å². The molecule has 0 saturated carbocycles. The van der Waals surface area contributed by atoms with Gasteiger partial charge in [0.2, 0.25) is 0 Å². The van der Waals surface area contributed by atoms with Gasteiger partial charge in [-0.3, -0.25) is 9.69 Å². The molecule has 16 heavy (non-hydrogen) atoms. The van der Waals surface area contributed by atoms with Crippen LogP contribution in [0.1, 0.15) is 6.92 Å². The van der Waals surface area contributed by atoms with Crippen molar-refractivity contribution in [1.29, 1.82) is 0 Å². The Morgan fingerprint density at radius 2 is 1.94 bits per heavy atom. The molecule has 0 spiro atoms. The molecule has 0 aromatic carbocycles. The molecule has 0 bridgehead atoms. The van der Waals surface area contributed by atoms with Crippen LogP contribution in [-0.4, -0.2) is 66.8 Å². The van der Waals surface area contributed by atoms with E-state index in [0.29, 0.717) is 19.4 Å². The van der Waals surface area contributed by atoms with Gasteiger partial charge in [-0.15, -0.1) is 0 Å². The van der Waals surface area contributed by atoms with Gasteiger partial charge in [-0.25, -0.2) is 0 Å². The Morgan fingerprint density at radius 3 is 2.31 bits per heavy atom. The fourth-order valence-electron chi connectivity index (χ4n) is 1.28. The van der Waals surface area contributed by atoms with E-state index in [-0.39, 0.29) is 26.4 Å². The number of aliphatic hydroxyl groups is 2. The largest absolute Gasteiger partial charge is 0.465 e. The van der Waals surface area contributed by atoms with E-state index in [2.05, 4.69) is 0 Å². The Bertz CT molecular complexity index is 203. The molecule has 0 fully saturated rings. The second-order valence-corrected chi connectivity index (χ2v) is 3.24. The van der Waals surface area contributed by atoms with E-state index in [4.69, 9.17) is 14.9 Å². The van der Waals surface area contributed by atoms with Crippen molar-refractivity contribution in [2.24, 2.45) is 5.92 Å². The van der Waals surface area contributed by atoms with Crippen LogP contribution in [0.4, 0.5) is 0 Å². The highest BCUT2D eigenvalue weighted by Crippen LogP contribution is 2.01. The zero-order valence-corrected chi connectivity index (χ0v) is 9.46. The van der Waals surface area contributed by atoms with Gasteiger partial charge in [-0.05, 0) is 6.92 Å². The smallest absolute Gasteiger partial charge is 0.317 e. The van der Waals surface area contributed by atoms with Gasteiger partial charge in [-0.2, -0.15) is 0 Å². The van der Waals surface area contributed by atoms with Gasteiger partial charge in [0.1, 0.15) is 12.2 Å². The summed E-state index contributed by atoms with van der Waals surface area (Å²) in [5, 5.41) is 17.5. The van der Waals surface area contributed by atoms with Crippen LogP contribution in [0.15, 0.2) is 0 Å². The number of ether oxygens (including phenoxy) is 1. The maximum atomic E-state index is 11.3. The summed E-state index contributed by atoms with van der Waals surface area (Å²) in [7, 11) is 0. The zero-order valence-electron chi connectivity index (χ0n) is 9.46. The van der Waals surface area contributed by atoms with Gasteiger partial charge in [-0.1, -0.05) is 0 Å². The minimum absolute atomic E-state index is 0.0889. The second kappa shape index (κ2) is 9.26. The molecule has 2 N–H and O–H groups in total. The Morgan fingerprint density at radius 1 is 1.38 bits per heavy atom. The molecule has 0 aromatic heterocycles. The quantitative estimate of drug-likeness (QED) is 0.291. The van der Waals surface area contributed by atoms with E-state index in [1.807, 2.05) is 0 Å². The molecular formula is C10H19NO5. The van der Waals surface area contributed by atoms with Crippen molar-refractivity contribution in [2.75, 3.05) is 39.5 Å². The number of hydrogen-bond acceptors (Lipinski definition) is 6. The summed E-state index contributed by atoms with van der Waals surface area (Å²) in [6, 6.07) is 0. The third kappa shape index (κ3) is 5.79. The molecule has 1 atom stereocenters. The third-order valence-corrected chi connectivity index (χ3v) is 2.04. The van der Waals surface area contributed by atoms with E-state index in [1.165, 1.54) is 0 Å². The lowest BCUT2D eigenvalue weighted by Crippen LogP contribution is -2.38. The van der Waals surface area contributed by atoms with E-state index in [1.54, 1.807) is 11.8 Å². The van der Waals surface area contributed by atoms with Crippen LogP contribution >= 0.6 is 0 Å². The molecule has 0 rings (SSSR count). The molecule has 0 aromatic rings. The lowest BCUT2D eigenvalue weighted by Gasteiger charge is -2.22. The highest BCUT2D eigenvalue weighted by molar-refractivity contribution is 5.87. The van der Waals surface area contributed by atoms with Crippen LogP contribution in [0, 0.1) is 5.92 Å². The van der Waals surface area contributed by atoms with E-state index < -0.39 is 11.9 Å². The average molecular weight is 233 g/mol. The van der Waals surface area contributed by atoms with Crippen LogP contribution in [0.5, 0.6) is 0 Å². The highest BCUT2D eigenvalue weighted by atomic mass is 16.5. The minimum atomic E-state index is -0.863. The Kier molecular flexibility index (Phi) is 8.69. The first-order chi connectivity index (χ1) is 7.69. The molecule has 6 nitrogen and oxygen atoms in total. The average Bonchev–Trinajstić information content (AvgIpc) is 2.26. The third-order valence-electron chi connectivity index (χ3n) is 2.04. The van der Waals surface area contributed by atoms with E-state index >= 15 is 0 Å². The van der Waals surface area contributed by atoms with Crippen molar-refractivity contribution < 1.29 is 24.5 Å². The topological polar surface area (TPSA) is 87.1 Å². The molecule has 0 saturated heterocycles. The van der Waals surface area contributed by atoms with Crippen molar-refractivity contribution >= 4 is 12.3 Å². The summed E-state index contributed by atoms with van der Waals surface area (Å²) in [6.45, 7) is 2.49. The Balaban J connectivity index is 4.24. The number of hydrogen-bond donors (Lipinski definition) is 2. The van der Waals surface area contributed by atoms with Crippen molar-refractivity contribution in [2.45, 2.75) is 6.92 Å². The first-order valence-electron chi connectivity index (χ1n) is 5.25. The van der Waals surface area contributed by atoms with Crippen molar-refractivity contribution in [3.63, 3.8) is 0 Å². The molecule has 0 amide bonds. The fraction of sp³-hybridized carbons (Fsp3) is 0.800. The Labute approximate surface area is 94.8 Å². The number of rotatable bonds is 9. The predicted octanol–water partition coefficient (Wildman–Crippen LogP) is -1.35. The number of carbonyl (C=O) groups is 2. The van der Waals surface area contributed by atoms with Crippen molar-refractivity contribution in [1.82, 2.24) is 4.90 Å². The number of carbonyl (C=O) groups excluding carboxylic acids is 2. The standard InChI is InChI=1S/C10H19NO5/c1-2-16-10(15)9(8-14)7-11(3-5-12)4-6-13/h8-9,12-13H,2-7H2,1H3. The minimum Gasteiger partial charge on any atom is -0.465 e. The summed E-state index contributed by atoms with van der Waals surface area (Å²) in [5.74, 6) is -1.43. The summed E-state index contributed by atoms with van der Waals surface area (Å²) in [6.07, 6.45) is 0.528. The van der Waals surface area contributed by atoms with Crippen LogP contribution in [0.25, 0.3) is 0 Å². The van der Waals surface area contributed by atoms with Gasteiger partial charge in [0.25, 0.3) is 0 Å². The van der Waals surface area contributed by atoms with E-state index in [9.17, 15) is 9.59 Å². The molecule has 0 heterocycles. The monoisotopic (exact) mass is 233 g/mol. The van der Waals surface area contributed by atoms with Gasteiger partial charge in [0.15, 0.2) is 0 Å². The molecule has 0 aliphatic carbocycles. The molecular weight excluding hydrogens is 214 g/mol. The zero-order chi connectivity index (χ0) is 12.4. The normalized spacial score (nSPS) is 12.5. The number of nitrogens with zero attached hydrogens (tertiary/aromatic N) is 1. The first kappa shape index (κ1) is 15.0. The molecule has 1 unspecified atom stereocenters. The first-order valence-corrected chi connectivity index (χ1v) is 5.25. The lowest BCUT2D eigenvalue weighted by molar-refractivity contribution is -0.150. The van der Waals surface area contributed by atoms with Crippen molar-refractivity contribution in [3.8, 4) is 0 Å². The number of aldehydes is 1. The van der Waals surface area contributed by atoms with E-state index in [0.717, 1.165) is 0 Å². The SMILES string of the molecule is CCOC(=O)C(C=O)CN(CCO)CCO. The second-order valence-electron chi connectivity index (χ2n) is 3.24. The van der Waals surface area contributed by atoms with Crippen molar-refractivity contribution in [3.05, 3.63) is 0 Å². The summed E-state index contributed by atoms with van der Waals surface area (Å²) >= 11 is 0. The highest BCUT2D eigenvalue weighted by Gasteiger charge is 2.21. The van der Waals surface area contributed by atoms with Gasteiger partial charge >= 0.3 is 5.97 Å². The molecule has 0 aliphatic heterocycles. The Hall–Kier alpha value is -0.980. The van der Waals surface area contributed by atoms with Crippen LogP contribution in [-0.2, 0) is 14.3 Å². The predicted molar refractivity (Wildman–Crippen MR) is 56.8 cm³/mol. The van der Waals surface area contributed by atoms with Crippen LogP contribution < -0.4 is 0 Å². The molecule has 6 heteroatoms. The lowest BCUT2D eigenvalue weighted by atomic mass is 10.1. The summed E-state index contributed by atoms with van der Waals surface area (Å²) < 4.78 is 4.73. The van der Waals surface area contributed by atoms with Crippen LogP contribution in [0.2, 0.25) is 0 Å². The maximum Gasteiger partial charge on any atom is 0.317 e. The van der Waals surface area contributed by atoms with Gasteiger partial charge in [0, 0.05) is 19.6 Å². The van der Waals surface area contributed by atoms with Gasteiger partial charge in [0.05, 0.1) is 19.8 Å². The molecule has 0 radical (unpaired) electrons.